The Morgan fingerprint density at radius 1 is 0.406 bits per heavy atom. The number of rotatable bonds is 56. The van der Waals surface area contributed by atoms with Gasteiger partial charge >= 0.3 is 35.2 Å². The molecule has 3 aliphatic rings. The molecule has 0 radical (unpaired) electrons. The fourth-order valence-corrected chi connectivity index (χ4v) is 18.0. The topological polar surface area (TPSA) is 341 Å². The van der Waals surface area contributed by atoms with Crippen LogP contribution in [0.15, 0.2) is 0 Å². The van der Waals surface area contributed by atoms with Gasteiger partial charge in [0.05, 0.1) is 267 Å². The minimum absolute atomic E-state index is 0.00346. The fourth-order valence-electron chi connectivity index (χ4n) is 11.2. The van der Waals surface area contributed by atoms with Crippen LogP contribution in [-0.4, -0.2) is 394 Å². The lowest BCUT2D eigenvalue weighted by Crippen LogP contribution is -2.51. The molecule has 3 fully saturated rings. The molecule has 29 nitrogen and oxygen atoms in total. The van der Waals surface area contributed by atoms with Gasteiger partial charge in [0.15, 0.2) is 0 Å². The Kier molecular flexibility index (Phi) is 60.3. The Morgan fingerprint density at radius 3 is 1.35 bits per heavy atom. The SMILES string of the molecule is CCCCC[N+](C)(C)CCC[Si](O)(O)OCC(COCCO)OCCO.CCCCC[N+](C)(C)CCC[Si](O)(O)OCCOC(CO)COCCO.CCCCC[N+](C)(C)CCC[Si]1(O)OCCOC(COCCO)CO1.CCCCC[N+](C)(C)CCC[Si]12OCCOCC(CO1)OCCO2. The molecule has 0 spiro atoms. The molecule has 101 heavy (non-hydrogen) atoms. The lowest BCUT2D eigenvalue weighted by Gasteiger charge is -2.34. The second-order valence-corrected chi connectivity index (χ2v) is 39.1. The Bertz CT molecular complexity index is 1880. The highest BCUT2D eigenvalue weighted by Gasteiger charge is 2.44. The number of unbranched alkanes of at least 4 members (excludes halogenated alkanes) is 8. The Morgan fingerprint density at radius 2 is 0.842 bits per heavy atom. The summed E-state index contributed by atoms with van der Waals surface area (Å²) >= 11 is 0. The van der Waals surface area contributed by atoms with Gasteiger partial charge in [-0.15, -0.1) is 0 Å². The van der Waals surface area contributed by atoms with E-state index < -0.39 is 47.4 Å². The number of fused-ring (bicyclic) bond motifs is 3. The zero-order valence-electron chi connectivity index (χ0n) is 65.5. The van der Waals surface area contributed by atoms with Crippen LogP contribution >= 0.6 is 0 Å². The Hall–Kier alpha value is -0.292. The zero-order valence-corrected chi connectivity index (χ0v) is 69.5. The van der Waals surface area contributed by atoms with Crippen molar-refractivity contribution in [3.63, 3.8) is 0 Å². The van der Waals surface area contributed by atoms with E-state index in [2.05, 4.69) is 84.1 Å². The molecular weight excluding hydrogens is 1390 g/mol. The molecule has 3 aliphatic heterocycles. The van der Waals surface area contributed by atoms with E-state index in [-0.39, 0.29) is 123 Å². The van der Waals surface area contributed by atoms with Crippen LogP contribution in [0.2, 0.25) is 24.2 Å². The maximum atomic E-state index is 10.7. The summed E-state index contributed by atoms with van der Waals surface area (Å²) < 4.78 is 87.1. The van der Waals surface area contributed by atoms with Crippen molar-refractivity contribution in [3.8, 4) is 0 Å². The summed E-state index contributed by atoms with van der Waals surface area (Å²) in [5.74, 6) is 0. The summed E-state index contributed by atoms with van der Waals surface area (Å²) in [5, 5.41) is 44.1. The molecule has 0 aromatic carbocycles. The molecule has 3 heterocycles. The number of hydrogen-bond donors (Lipinski definition) is 10. The van der Waals surface area contributed by atoms with Crippen LogP contribution in [0.3, 0.4) is 0 Å². The van der Waals surface area contributed by atoms with E-state index in [0.29, 0.717) is 78.3 Å². The van der Waals surface area contributed by atoms with Crippen molar-refractivity contribution >= 4 is 35.2 Å². The van der Waals surface area contributed by atoms with E-state index in [9.17, 15) is 24.0 Å². The maximum absolute atomic E-state index is 10.7. The van der Waals surface area contributed by atoms with E-state index in [0.717, 1.165) is 82.6 Å². The van der Waals surface area contributed by atoms with Gasteiger partial charge in [0.25, 0.3) is 0 Å². The normalized spacial score (nSPS) is 20.5. The summed E-state index contributed by atoms with van der Waals surface area (Å²) in [6.07, 6.45) is 16.9. The van der Waals surface area contributed by atoms with Crippen molar-refractivity contribution in [3.05, 3.63) is 0 Å². The first-order valence-corrected chi connectivity index (χ1v) is 46.1. The molecule has 0 amide bonds. The third-order valence-corrected chi connectivity index (χ3v) is 25.8. The van der Waals surface area contributed by atoms with Gasteiger partial charge in [0.1, 0.15) is 24.4 Å². The van der Waals surface area contributed by atoms with Crippen molar-refractivity contribution in [2.45, 2.75) is 179 Å². The number of ether oxygens (including phenoxy) is 8. The first-order chi connectivity index (χ1) is 48.0. The van der Waals surface area contributed by atoms with Gasteiger partial charge in [0.2, 0.25) is 0 Å². The molecule has 33 heteroatoms. The molecule has 608 valence electrons. The van der Waals surface area contributed by atoms with E-state index in [1.54, 1.807) is 0 Å². The lowest BCUT2D eigenvalue weighted by atomic mass is 10.2. The lowest BCUT2D eigenvalue weighted by molar-refractivity contribution is -0.890. The van der Waals surface area contributed by atoms with Gasteiger partial charge in [-0.2, -0.15) is 0 Å². The maximum Gasteiger partial charge on any atom is 0.501 e. The van der Waals surface area contributed by atoms with Crippen LogP contribution in [0.25, 0.3) is 0 Å². The predicted octanol–water partition coefficient (Wildman–Crippen LogP) is 3.02. The molecule has 6 unspecified atom stereocenters. The largest absolute Gasteiger partial charge is 0.501 e. The average molecular weight is 1540 g/mol. The van der Waals surface area contributed by atoms with Gasteiger partial charge < -0.3 is 136 Å². The second-order valence-electron chi connectivity index (χ2n) is 29.3. The van der Waals surface area contributed by atoms with Gasteiger partial charge in [-0.25, -0.2) is 0 Å². The van der Waals surface area contributed by atoms with E-state index in [1.165, 1.54) is 83.6 Å². The second kappa shape index (κ2) is 60.5. The molecule has 10 N–H and O–H groups in total. The standard InChI is InChI=1S/2C17H40NO7Si.C17H38NO6Si.C17H36NO5Si/c1-4-5-6-8-18(2,3)9-7-14-26(21,22)25-16-17(24-13-11-20)15-23-12-10-19;1-4-5-6-8-18(2,3)9-7-14-26(21,22)25-13-12-24-17(15-20)16-23-11-10-19;1-4-5-6-8-18(2,3)9-7-14-25(20)23-13-12-22-17(16-24-25)15-21-11-10-19;1-4-5-6-8-18(2,3)9-7-14-24-21-12-10-19-15-17(16-23-24)20-11-13-22-24/h2*17,19-22H,4-16H2,1-3H3;17,19-20H,4-16H2,1-3H3;17H,4-16H2,1-3H3/q4*+1. The first-order valence-electron chi connectivity index (χ1n) is 38.2. The summed E-state index contributed by atoms with van der Waals surface area (Å²) in [7, 11) is 4.60. The minimum atomic E-state index is -3.75. The van der Waals surface area contributed by atoms with Crippen LogP contribution in [0, 0.1) is 0 Å². The number of aliphatic hydroxyl groups is 5. The minimum Gasteiger partial charge on any atom is -0.394 e. The highest BCUT2D eigenvalue weighted by Crippen LogP contribution is 2.24. The smallest absolute Gasteiger partial charge is 0.394 e. The Labute approximate surface area is 615 Å². The van der Waals surface area contributed by atoms with Crippen LogP contribution in [0.4, 0.5) is 0 Å². The molecule has 0 saturated carbocycles. The summed E-state index contributed by atoms with van der Waals surface area (Å²) in [6, 6.07) is 1.97. The van der Waals surface area contributed by atoms with E-state index in [4.69, 9.17) is 94.4 Å². The Balaban J connectivity index is 0.00000132. The van der Waals surface area contributed by atoms with Crippen LogP contribution in [-0.2, 0) is 68.9 Å². The number of nitrogens with zero attached hydrogens (tertiary/aromatic N) is 4. The monoisotopic (exact) mass is 1540 g/mol. The first kappa shape index (κ1) is 101. The van der Waals surface area contributed by atoms with E-state index in [1.807, 2.05) is 0 Å². The molecular formula is C68H154N4O25Si4+4. The van der Waals surface area contributed by atoms with Gasteiger partial charge in [-0.3, -0.25) is 0 Å². The van der Waals surface area contributed by atoms with Crippen LogP contribution < -0.4 is 0 Å². The average Bonchev–Trinajstić information content (AvgIpc) is 1.51. The predicted molar refractivity (Wildman–Crippen MR) is 397 cm³/mol. The molecule has 0 aromatic rings. The van der Waals surface area contributed by atoms with Crippen molar-refractivity contribution in [1.29, 1.82) is 0 Å². The van der Waals surface area contributed by atoms with Gasteiger partial charge in [-0.1, -0.05) is 53.4 Å². The van der Waals surface area contributed by atoms with Gasteiger partial charge in [-0.05, 0) is 51.4 Å². The van der Waals surface area contributed by atoms with Crippen molar-refractivity contribution in [1.82, 2.24) is 0 Å². The van der Waals surface area contributed by atoms with Crippen molar-refractivity contribution in [2.75, 3.05) is 267 Å². The van der Waals surface area contributed by atoms with Crippen molar-refractivity contribution < 1.29 is 136 Å². The quantitative estimate of drug-likeness (QED) is 0.0238. The summed E-state index contributed by atoms with van der Waals surface area (Å²) in [4.78, 5) is 51.1. The molecule has 6 atom stereocenters. The molecule has 3 rings (SSSR count). The highest BCUT2D eigenvalue weighted by molar-refractivity contribution is 6.61. The summed E-state index contributed by atoms with van der Waals surface area (Å²) in [5.41, 5.74) is 0. The zero-order chi connectivity index (χ0) is 75.7. The summed E-state index contributed by atoms with van der Waals surface area (Å²) in [6.45, 7) is 22.8. The number of aliphatic hydroxyl groups excluding tert-OH is 5. The van der Waals surface area contributed by atoms with Crippen LogP contribution in [0.5, 0.6) is 0 Å². The molecule has 0 aliphatic carbocycles. The third-order valence-electron chi connectivity index (χ3n) is 17.4. The van der Waals surface area contributed by atoms with E-state index >= 15 is 0 Å². The molecule has 0 aromatic heterocycles. The number of hydrogen-bond acceptors (Lipinski definition) is 25. The number of quaternary nitrogens is 4. The third kappa shape index (κ3) is 58.4. The van der Waals surface area contributed by atoms with Crippen molar-refractivity contribution in [2.24, 2.45) is 0 Å². The fraction of sp³-hybridized carbons (Fsp3) is 1.00. The molecule has 2 bridgehead atoms. The molecule has 3 saturated heterocycles. The highest BCUT2D eigenvalue weighted by atomic mass is 28.4. The van der Waals surface area contributed by atoms with Crippen LogP contribution in [0.1, 0.15) is 130 Å². The van der Waals surface area contributed by atoms with Gasteiger partial charge in [0, 0.05) is 49.9 Å².